The van der Waals surface area contributed by atoms with Gasteiger partial charge in [-0.1, -0.05) is 22.4 Å². The second-order valence-corrected chi connectivity index (χ2v) is 5.51. The number of phenolic OH excluding ortho intramolecular Hbond substituents is 1. The number of carboxylic acids is 1. The van der Waals surface area contributed by atoms with Crippen LogP contribution < -0.4 is 4.74 Å². The van der Waals surface area contributed by atoms with Gasteiger partial charge in [0.15, 0.2) is 11.5 Å². The normalized spacial score (nSPS) is 17.1. The predicted molar refractivity (Wildman–Crippen MR) is 70.3 cm³/mol. The number of benzene rings is 1. The van der Waals surface area contributed by atoms with E-state index in [-0.39, 0.29) is 11.5 Å². The maximum Gasteiger partial charge on any atom is 0.314 e. The Kier molecular flexibility index (Phi) is 3.27. The van der Waals surface area contributed by atoms with Crippen LogP contribution in [0.2, 0.25) is 0 Å². The van der Waals surface area contributed by atoms with Gasteiger partial charge in [-0.3, -0.25) is 4.79 Å². The average molecular weight is 315 g/mol. The van der Waals surface area contributed by atoms with Crippen molar-refractivity contribution in [2.75, 3.05) is 7.11 Å². The standard InChI is InChI=1S/C13H15BrO4/c1-7-8(14)6-9(15)11(18-2)10(7)13(12(16)17)4-3-5-13/h6,15H,3-5H2,1-2H3,(H,16,17). The summed E-state index contributed by atoms with van der Waals surface area (Å²) in [6.07, 6.45) is 2.03. The minimum absolute atomic E-state index is 0.0301. The first-order valence-corrected chi connectivity index (χ1v) is 6.53. The number of hydrogen-bond donors (Lipinski definition) is 2. The molecule has 2 rings (SSSR count). The molecule has 0 amide bonds. The molecule has 0 unspecified atom stereocenters. The van der Waals surface area contributed by atoms with E-state index in [0.717, 1.165) is 12.0 Å². The summed E-state index contributed by atoms with van der Waals surface area (Å²) in [5, 5.41) is 19.4. The Balaban J connectivity index is 2.72. The second-order valence-electron chi connectivity index (χ2n) is 4.65. The zero-order valence-corrected chi connectivity index (χ0v) is 11.9. The van der Waals surface area contributed by atoms with Crippen LogP contribution in [0.3, 0.4) is 0 Å². The van der Waals surface area contributed by atoms with E-state index < -0.39 is 11.4 Å². The third-order valence-electron chi connectivity index (χ3n) is 3.76. The molecule has 5 heteroatoms. The third kappa shape index (κ3) is 1.68. The number of aromatic hydroxyl groups is 1. The summed E-state index contributed by atoms with van der Waals surface area (Å²) in [4.78, 5) is 11.6. The quantitative estimate of drug-likeness (QED) is 0.900. The van der Waals surface area contributed by atoms with Gasteiger partial charge < -0.3 is 14.9 Å². The molecule has 0 bridgehead atoms. The van der Waals surface area contributed by atoms with Crippen LogP contribution in [0.15, 0.2) is 10.5 Å². The first-order chi connectivity index (χ1) is 8.44. The van der Waals surface area contributed by atoms with Gasteiger partial charge in [0, 0.05) is 10.0 Å². The molecule has 1 aromatic carbocycles. The Morgan fingerprint density at radius 1 is 1.50 bits per heavy atom. The Hall–Kier alpha value is -1.23. The number of hydrogen-bond acceptors (Lipinski definition) is 3. The molecule has 0 spiro atoms. The van der Waals surface area contributed by atoms with Gasteiger partial charge in [-0.25, -0.2) is 0 Å². The summed E-state index contributed by atoms with van der Waals surface area (Å²) in [5.74, 6) is -0.608. The van der Waals surface area contributed by atoms with Crippen LogP contribution in [-0.4, -0.2) is 23.3 Å². The largest absolute Gasteiger partial charge is 0.504 e. The van der Waals surface area contributed by atoms with E-state index in [1.165, 1.54) is 13.2 Å². The molecular formula is C13H15BrO4. The van der Waals surface area contributed by atoms with E-state index in [9.17, 15) is 15.0 Å². The summed E-state index contributed by atoms with van der Waals surface area (Å²) in [6, 6.07) is 1.53. The van der Waals surface area contributed by atoms with Crippen molar-refractivity contribution in [2.24, 2.45) is 0 Å². The van der Waals surface area contributed by atoms with E-state index in [4.69, 9.17) is 4.74 Å². The summed E-state index contributed by atoms with van der Waals surface area (Å²) in [7, 11) is 1.44. The molecule has 1 aliphatic carbocycles. The molecule has 1 aliphatic rings. The lowest BCUT2D eigenvalue weighted by Gasteiger charge is -2.40. The minimum atomic E-state index is -0.920. The van der Waals surface area contributed by atoms with Crippen LogP contribution >= 0.6 is 15.9 Å². The Labute approximate surface area is 114 Å². The van der Waals surface area contributed by atoms with Gasteiger partial charge in [-0.2, -0.15) is 0 Å². The minimum Gasteiger partial charge on any atom is -0.504 e. The fraction of sp³-hybridized carbons (Fsp3) is 0.462. The molecule has 1 saturated carbocycles. The monoisotopic (exact) mass is 314 g/mol. The molecule has 0 radical (unpaired) electrons. The molecule has 4 nitrogen and oxygen atoms in total. The molecule has 1 fully saturated rings. The van der Waals surface area contributed by atoms with Crippen molar-refractivity contribution in [3.05, 3.63) is 21.7 Å². The van der Waals surface area contributed by atoms with Crippen molar-refractivity contribution >= 4 is 21.9 Å². The summed E-state index contributed by atoms with van der Waals surface area (Å²) in [6.45, 7) is 1.84. The van der Waals surface area contributed by atoms with Crippen molar-refractivity contribution in [2.45, 2.75) is 31.6 Å². The van der Waals surface area contributed by atoms with Crippen molar-refractivity contribution in [1.29, 1.82) is 0 Å². The molecule has 98 valence electrons. The fourth-order valence-electron chi connectivity index (χ4n) is 2.60. The van der Waals surface area contributed by atoms with Crippen LogP contribution in [-0.2, 0) is 10.2 Å². The molecule has 0 atom stereocenters. The zero-order chi connectivity index (χ0) is 13.5. The number of carbonyl (C=O) groups is 1. The summed E-state index contributed by atoms with van der Waals surface area (Å²) in [5.41, 5.74) is 0.485. The van der Waals surface area contributed by atoms with Gasteiger partial charge in [0.25, 0.3) is 0 Å². The van der Waals surface area contributed by atoms with Gasteiger partial charge >= 0.3 is 5.97 Å². The van der Waals surface area contributed by atoms with Crippen LogP contribution in [0.4, 0.5) is 0 Å². The maximum atomic E-state index is 11.6. The maximum absolute atomic E-state index is 11.6. The highest BCUT2D eigenvalue weighted by molar-refractivity contribution is 9.10. The van der Waals surface area contributed by atoms with E-state index in [0.29, 0.717) is 22.9 Å². The van der Waals surface area contributed by atoms with E-state index in [1.54, 1.807) is 0 Å². The molecule has 0 saturated heterocycles. The van der Waals surface area contributed by atoms with Gasteiger partial charge in [0.1, 0.15) is 0 Å². The number of halogens is 1. The Morgan fingerprint density at radius 2 is 2.11 bits per heavy atom. The van der Waals surface area contributed by atoms with E-state index in [1.807, 2.05) is 6.92 Å². The lowest BCUT2D eigenvalue weighted by molar-refractivity contribution is -0.147. The molecule has 1 aromatic rings. The number of carboxylic acid groups (broad SMARTS) is 1. The highest BCUT2D eigenvalue weighted by Gasteiger charge is 2.49. The third-order valence-corrected chi connectivity index (χ3v) is 4.58. The topological polar surface area (TPSA) is 66.8 Å². The summed E-state index contributed by atoms with van der Waals surface area (Å²) >= 11 is 3.35. The smallest absolute Gasteiger partial charge is 0.314 e. The fourth-order valence-corrected chi connectivity index (χ4v) is 3.01. The van der Waals surface area contributed by atoms with Crippen LogP contribution in [0, 0.1) is 6.92 Å². The zero-order valence-electron chi connectivity index (χ0n) is 10.3. The number of rotatable bonds is 3. The van der Waals surface area contributed by atoms with E-state index in [2.05, 4.69) is 15.9 Å². The lowest BCUT2D eigenvalue weighted by Crippen LogP contribution is -2.43. The number of ether oxygens (including phenoxy) is 1. The molecular weight excluding hydrogens is 300 g/mol. The second kappa shape index (κ2) is 4.46. The Bertz CT molecular complexity index is 506. The van der Waals surface area contributed by atoms with Gasteiger partial charge in [0.2, 0.25) is 0 Å². The van der Waals surface area contributed by atoms with E-state index >= 15 is 0 Å². The Morgan fingerprint density at radius 3 is 2.50 bits per heavy atom. The van der Waals surface area contributed by atoms with Crippen LogP contribution in [0.5, 0.6) is 11.5 Å². The number of methoxy groups -OCH3 is 1. The van der Waals surface area contributed by atoms with Crippen molar-refractivity contribution in [3.8, 4) is 11.5 Å². The molecule has 0 aliphatic heterocycles. The van der Waals surface area contributed by atoms with Crippen LogP contribution in [0.1, 0.15) is 30.4 Å². The molecule has 0 heterocycles. The number of phenols is 1. The highest BCUT2D eigenvalue weighted by Crippen LogP contribution is 2.52. The van der Waals surface area contributed by atoms with Crippen molar-refractivity contribution in [3.63, 3.8) is 0 Å². The highest BCUT2D eigenvalue weighted by atomic mass is 79.9. The molecule has 18 heavy (non-hydrogen) atoms. The molecule has 0 aromatic heterocycles. The first kappa shape index (κ1) is 13.2. The van der Waals surface area contributed by atoms with Gasteiger partial charge in [-0.05, 0) is 31.4 Å². The average Bonchev–Trinajstić information content (AvgIpc) is 2.23. The van der Waals surface area contributed by atoms with Gasteiger partial charge in [0.05, 0.1) is 12.5 Å². The van der Waals surface area contributed by atoms with Crippen LogP contribution in [0.25, 0.3) is 0 Å². The van der Waals surface area contributed by atoms with Crippen molar-refractivity contribution in [1.82, 2.24) is 0 Å². The SMILES string of the molecule is COc1c(O)cc(Br)c(C)c1C1(C(=O)O)CCC1. The predicted octanol–water partition coefficient (Wildman–Crippen LogP) is 2.98. The lowest BCUT2D eigenvalue weighted by atomic mass is 9.63. The van der Waals surface area contributed by atoms with Gasteiger partial charge in [-0.15, -0.1) is 0 Å². The van der Waals surface area contributed by atoms with Crippen molar-refractivity contribution < 1.29 is 19.7 Å². The number of aliphatic carboxylic acids is 1. The first-order valence-electron chi connectivity index (χ1n) is 5.74. The molecule has 2 N–H and O–H groups in total. The summed E-state index contributed by atoms with van der Waals surface area (Å²) < 4.78 is 5.91.